The number of carbonyl (C=O) groups is 1. The van der Waals surface area contributed by atoms with E-state index in [4.69, 9.17) is 9.47 Å². The maximum Gasteiger partial charge on any atom is 0.225 e. The number of benzene rings is 2. The molecule has 4 rings (SSSR count). The summed E-state index contributed by atoms with van der Waals surface area (Å²) in [7, 11) is -1.94. The summed E-state index contributed by atoms with van der Waals surface area (Å²) in [6, 6.07) is 11.5. The minimum Gasteiger partial charge on any atom is -0.486 e. The third-order valence-electron chi connectivity index (χ3n) is 4.50. The molecule has 1 aliphatic rings. The van der Waals surface area contributed by atoms with E-state index >= 15 is 0 Å². The minimum absolute atomic E-state index is 0.0938. The van der Waals surface area contributed by atoms with E-state index in [1.807, 2.05) is 6.07 Å². The first-order valence-corrected chi connectivity index (χ1v) is 10.8. The van der Waals surface area contributed by atoms with Gasteiger partial charge in [0.2, 0.25) is 5.91 Å². The Balaban J connectivity index is 1.41. The first kappa shape index (κ1) is 19.8. The number of hydrogen-bond acceptors (Lipinski definition) is 8. The molecule has 1 N–H and O–H groups in total. The molecule has 1 aliphatic heterocycles. The van der Waals surface area contributed by atoms with Crippen LogP contribution in [0.15, 0.2) is 47.4 Å². The molecule has 0 atom stereocenters. The highest BCUT2D eigenvalue weighted by molar-refractivity contribution is 7.91. The van der Waals surface area contributed by atoms with Crippen LogP contribution in [-0.2, 0) is 21.7 Å². The predicted octanol–water partition coefficient (Wildman–Crippen LogP) is 1.45. The molecule has 2 aromatic carbocycles. The number of aryl methyl sites for hydroxylation is 1. The minimum atomic E-state index is -3.66. The van der Waals surface area contributed by atoms with E-state index in [2.05, 4.69) is 20.8 Å². The molecule has 0 saturated heterocycles. The molecule has 1 amide bonds. The molecule has 0 spiro atoms. The maximum atomic E-state index is 12.6. The lowest BCUT2D eigenvalue weighted by Gasteiger charge is -2.18. The lowest BCUT2D eigenvalue weighted by Crippen LogP contribution is -2.18. The SMILES string of the molecule is Cn1nnnc1-c1cccc(NC(=O)CCS(=O)(=O)c2ccc3c(c2)OCCO3)c1. The van der Waals surface area contributed by atoms with Crippen LogP contribution in [0.4, 0.5) is 5.69 Å². The molecule has 3 aromatic rings. The van der Waals surface area contributed by atoms with E-state index in [1.54, 1.807) is 31.3 Å². The van der Waals surface area contributed by atoms with Crippen LogP contribution in [-0.4, -0.2) is 53.5 Å². The van der Waals surface area contributed by atoms with Crippen LogP contribution >= 0.6 is 0 Å². The van der Waals surface area contributed by atoms with Crippen LogP contribution < -0.4 is 14.8 Å². The number of rotatable bonds is 6. The number of nitrogens with zero attached hydrogens (tertiary/aromatic N) is 4. The first-order chi connectivity index (χ1) is 14.4. The summed E-state index contributed by atoms with van der Waals surface area (Å²) in [6.45, 7) is 0.788. The van der Waals surface area contributed by atoms with E-state index in [0.717, 1.165) is 5.56 Å². The molecule has 30 heavy (non-hydrogen) atoms. The number of nitrogens with one attached hydrogen (secondary N) is 1. The average molecular weight is 429 g/mol. The van der Waals surface area contributed by atoms with Crippen molar-refractivity contribution in [3.05, 3.63) is 42.5 Å². The van der Waals surface area contributed by atoms with Crippen LogP contribution in [0.1, 0.15) is 6.42 Å². The van der Waals surface area contributed by atoms with Gasteiger partial charge in [0.05, 0.1) is 10.6 Å². The fraction of sp³-hybridized carbons (Fsp3) is 0.263. The van der Waals surface area contributed by atoms with Crippen molar-refractivity contribution < 1.29 is 22.7 Å². The van der Waals surface area contributed by atoms with Crippen molar-refractivity contribution in [3.8, 4) is 22.9 Å². The lowest BCUT2D eigenvalue weighted by atomic mass is 10.2. The van der Waals surface area contributed by atoms with Crippen LogP contribution in [0, 0.1) is 0 Å². The maximum absolute atomic E-state index is 12.6. The highest BCUT2D eigenvalue weighted by Gasteiger charge is 2.21. The molecule has 0 radical (unpaired) electrons. The van der Waals surface area contributed by atoms with Gasteiger partial charge in [0.25, 0.3) is 0 Å². The van der Waals surface area contributed by atoms with Crippen LogP contribution in [0.3, 0.4) is 0 Å². The number of aromatic nitrogens is 4. The van der Waals surface area contributed by atoms with Gasteiger partial charge in [-0.2, -0.15) is 0 Å². The Morgan fingerprint density at radius 3 is 2.70 bits per heavy atom. The number of anilines is 1. The van der Waals surface area contributed by atoms with E-state index in [9.17, 15) is 13.2 Å². The molecule has 10 nitrogen and oxygen atoms in total. The molecule has 0 saturated carbocycles. The van der Waals surface area contributed by atoms with Gasteiger partial charge in [0.15, 0.2) is 27.2 Å². The topological polar surface area (TPSA) is 125 Å². The Morgan fingerprint density at radius 2 is 1.93 bits per heavy atom. The van der Waals surface area contributed by atoms with Crippen molar-refractivity contribution in [2.75, 3.05) is 24.3 Å². The standard InChI is InChI=1S/C19H19N5O5S/c1-24-19(21-22-23-24)13-3-2-4-14(11-13)20-18(25)7-10-30(26,27)15-5-6-16-17(12-15)29-9-8-28-16/h2-6,11-12H,7-10H2,1H3,(H,20,25). The second kappa shape index (κ2) is 8.11. The second-order valence-electron chi connectivity index (χ2n) is 6.63. The summed E-state index contributed by atoms with van der Waals surface area (Å²) in [5.74, 6) is 0.709. The molecule has 156 valence electrons. The number of sulfone groups is 1. The monoisotopic (exact) mass is 429 g/mol. The van der Waals surface area contributed by atoms with Gasteiger partial charge in [0, 0.05) is 30.8 Å². The van der Waals surface area contributed by atoms with E-state index < -0.39 is 15.7 Å². The Bertz CT molecular complexity index is 1190. The normalized spacial score (nSPS) is 13.1. The second-order valence-corrected chi connectivity index (χ2v) is 8.74. The quantitative estimate of drug-likeness (QED) is 0.624. The van der Waals surface area contributed by atoms with Gasteiger partial charge in [0.1, 0.15) is 13.2 Å². The molecule has 0 aliphatic carbocycles. The molecule has 11 heteroatoms. The van der Waals surface area contributed by atoms with Crippen molar-refractivity contribution in [1.29, 1.82) is 0 Å². The number of tetrazole rings is 1. The Hall–Kier alpha value is -3.47. The number of carbonyl (C=O) groups excluding carboxylic acids is 1. The van der Waals surface area contributed by atoms with Crippen LogP contribution in [0.2, 0.25) is 0 Å². The van der Waals surface area contributed by atoms with Crippen LogP contribution in [0.5, 0.6) is 11.5 Å². The highest BCUT2D eigenvalue weighted by Crippen LogP contribution is 2.32. The summed E-state index contributed by atoms with van der Waals surface area (Å²) in [5, 5.41) is 14.0. The van der Waals surface area contributed by atoms with Gasteiger partial charge in [-0.15, -0.1) is 5.10 Å². The molecule has 0 unspecified atom stereocenters. The van der Waals surface area contributed by atoms with E-state index in [1.165, 1.54) is 16.8 Å². The number of amides is 1. The number of fused-ring (bicyclic) bond motifs is 1. The smallest absolute Gasteiger partial charge is 0.225 e. The zero-order chi connectivity index (χ0) is 21.1. The van der Waals surface area contributed by atoms with Crippen molar-refractivity contribution in [2.24, 2.45) is 7.05 Å². The molecular weight excluding hydrogens is 410 g/mol. The van der Waals surface area contributed by atoms with Gasteiger partial charge >= 0.3 is 0 Å². The Morgan fingerprint density at radius 1 is 1.13 bits per heavy atom. The van der Waals surface area contributed by atoms with Crippen molar-refractivity contribution in [3.63, 3.8) is 0 Å². The largest absolute Gasteiger partial charge is 0.486 e. The van der Waals surface area contributed by atoms with Crippen molar-refractivity contribution in [2.45, 2.75) is 11.3 Å². The highest BCUT2D eigenvalue weighted by atomic mass is 32.2. The summed E-state index contributed by atoms with van der Waals surface area (Å²) in [6.07, 6.45) is -0.188. The lowest BCUT2D eigenvalue weighted by molar-refractivity contribution is -0.115. The first-order valence-electron chi connectivity index (χ1n) is 9.17. The average Bonchev–Trinajstić information content (AvgIpc) is 3.18. The summed E-state index contributed by atoms with van der Waals surface area (Å²) in [4.78, 5) is 12.4. The van der Waals surface area contributed by atoms with Gasteiger partial charge in [-0.05, 0) is 34.7 Å². The Kier molecular flexibility index (Phi) is 5.36. The van der Waals surface area contributed by atoms with Crippen molar-refractivity contribution in [1.82, 2.24) is 20.2 Å². The van der Waals surface area contributed by atoms with Gasteiger partial charge in [-0.3, -0.25) is 4.79 Å². The molecule has 0 bridgehead atoms. The zero-order valence-corrected chi connectivity index (χ0v) is 16.9. The molecule has 0 fully saturated rings. The fourth-order valence-electron chi connectivity index (χ4n) is 3.00. The summed E-state index contributed by atoms with van der Waals surface area (Å²) < 4.78 is 37.6. The molecule has 2 heterocycles. The summed E-state index contributed by atoms with van der Waals surface area (Å²) in [5.41, 5.74) is 1.25. The van der Waals surface area contributed by atoms with Gasteiger partial charge in [-0.25, -0.2) is 13.1 Å². The van der Waals surface area contributed by atoms with E-state index in [0.29, 0.717) is 36.2 Å². The summed E-state index contributed by atoms with van der Waals surface area (Å²) >= 11 is 0. The molecular formula is C19H19N5O5S. The predicted molar refractivity (Wildman–Crippen MR) is 107 cm³/mol. The number of hydrogen-bond donors (Lipinski definition) is 1. The van der Waals surface area contributed by atoms with Gasteiger partial charge < -0.3 is 14.8 Å². The zero-order valence-electron chi connectivity index (χ0n) is 16.1. The fourth-order valence-corrected chi connectivity index (χ4v) is 4.25. The Labute approximate surface area is 172 Å². The number of ether oxygens (including phenoxy) is 2. The van der Waals surface area contributed by atoms with Gasteiger partial charge in [-0.1, -0.05) is 12.1 Å². The van der Waals surface area contributed by atoms with E-state index in [-0.39, 0.29) is 17.1 Å². The molecule has 1 aromatic heterocycles. The third kappa shape index (κ3) is 4.25. The van der Waals surface area contributed by atoms with Crippen molar-refractivity contribution >= 4 is 21.4 Å². The van der Waals surface area contributed by atoms with Crippen LogP contribution in [0.25, 0.3) is 11.4 Å². The third-order valence-corrected chi connectivity index (χ3v) is 6.21.